The van der Waals surface area contributed by atoms with Gasteiger partial charge in [-0.25, -0.2) is 0 Å². The maximum Gasteiger partial charge on any atom is 0.159 e. The quantitative estimate of drug-likeness (QED) is 0.621. The van der Waals surface area contributed by atoms with Crippen LogP contribution in [0.3, 0.4) is 0 Å². The van der Waals surface area contributed by atoms with Gasteiger partial charge in [0.1, 0.15) is 0 Å². The van der Waals surface area contributed by atoms with Crippen molar-refractivity contribution in [2.24, 2.45) is 0 Å². The highest BCUT2D eigenvalue weighted by molar-refractivity contribution is 4.56. The van der Waals surface area contributed by atoms with E-state index in [2.05, 4.69) is 18.9 Å². The summed E-state index contributed by atoms with van der Waals surface area (Å²) < 4.78 is 10.7. The Kier molecular flexibility index (Phi) is 4.58. The molecule has 0 aromatic heterocycles. The molecule has 72 valence electrons. The van der Waals surface area contributed by atoms with Gasteiger partial charge in [0, 0.05) is 13.0 Å². The van der Waals surface area contributed by atoms with Gasteiger partial charge < -0.3 is 14.4 Å². The smallest absolute Gasteiger partial charge is 0.159 e. The summed E-state index contributed by atoms with van der Waals surface area (Å²) in [4.78, 5) is 2.31. The minimum Gasteiger partial charge on any atom is -0.350 e. The van der Waals surface area contributed by atoms with E-state index in [-0.39, 0.29) is 6.29 Å². The molecule has 0 spiro atoms. The van der Waals surface area contributed by atoms with Gasteiger partial charge in [-0.05, 0) is 20.0 Å². The van der Waals surface area contributed by atoms with Gasteiger partial charge in [-0.15, -0.1) is 0 Å². The van der Waals surface area contributed by atoms with E-state index in [4.69, 9.17) is 9.47 Å². The van der Waals surface area contributed by atoms with Crippen LogP contribution in [0.2, 0.25) is 0 Å². The Balaban J connectivity index is 1.99. The van der Waals surface area contributed by atoms with Crippen LogP contribution in [0, 0.1) is 0 Å². The molecule has 0 atom stereocenters. The molecule has 0 saturated carbocycles. The van der Waals surface area contributed by atoms with Crippen molar-refractivity contribution in [2.45, 2.75) is 26.1 Å². The molecular weight excluding hydrogens is 154 g/mol. The van der Waals surface area contributed by atoms with E-state index in [1.54, 1.807) is 0 Å². The molecule has 0 unspecified atom stereocenters. The second kappa shape index (κ2) is 5.51. The molecule has 1 rings (SSSR count). The zero-order valence-corrected chi connectivity index (χ0v) is 8.08. The van der Waals surface area contributed by atoms with Gasteiger partial charge in [0.15, 0.2) is 6.29 Å². The fourth-order valence-corrected chi connectivity index (χ4v) is 1.39. The molecule has 1 aliphatic heterocycles. The molecule has 0 amide bonds. The van der Waals surface area contributed by atoms with Crippen molar-refractivity contribution in [1.82, 2.24) is 4.90 Å². The van der Waals surface area contributed by atoms with Crippen LogP contribution in [0.15, 0.2) is 0 Å². The van der Waals surface area contributed by atoms with E-state index in [9.17, 15) is 0 Å². The first-order chi connectivity index (χ1) is 5.83. The third-order valence-electron chi connectivity index (χ3n) is 2.04. The SMILES string of the molecule is CCCN(C)CCC1OCCO1. The van der Waals surface area contributed by atoms with Crippen molar-refractivity contribution in [3.8, 4) is 0 Å². The number of hydrogen-bond donors (Lipinski definition) is 0. The molecule has 0 aliphatic carbocycles. The van der Waals surface area contributed by atoms with Crippen molar-refractivity contribution in [3.63, 3.8) is 0 Å². The van der Waals surface area contributed by atoms with Crippen molar-refractivity contribution in [3.05, 3.63) is 0 Å². The molecule has 12 heavy (non-hydrogen) atoms. The first kappa shape index (κ1) is 9.96. The second-order valence-corrected chi connectivity index (χ2v) is 3.26. The Morgan fingerprint density at radius 2 is 1.92 bits per heavy atom. The van der Waals surface area contributed by atoms with Gasteiger partial charge >= 0.3 is 0 Å². The van der Waals surface area contributed by atoms with E-state index in [1.165, 1.54) is 6.42 Å². The van der Waals surface area contributed by atoms with E-state index in [1.807, 2.05) is 0 Å². The Morgan fingerprint density at radius 3 is 2.50 bits per heavy atom. The van der Waals surface area contributed by atoms with Crippen molar-refractivity contribution < 1.29 is 9.47 Å². The zero-order valence-electron chi connectivity index (χ0n) is 8.08. The summed E-state index contributed by atoms with van der Waals surface area (Å²) in [5.41, 5.74) is 0. The summed E-state index contributed by atoms with van der Waals surface area (Å²) in [5.74, 6) is 0. The third-order valence-corrected chi connectivity index (χ3v) is 2.04. The number of nitrogens with zero attached hydrogens (tertiary/aromatic N) is 1. The van der Waals surface area contributed by atoms with E-state index in [0.717, 1.165) is 32.7 Å². The fraction of sp³-hybridized carbons (Fsp3) is 1.00. The Labute approximate surface area is 74.6 Å². The molecule has 0 aromatic carbocycles. The summed E-state index contributed by atoms with van der Waals surface area (Å²) in [6.45, 7) is 5.95. The van der Waals surface area contributed by atoms with Gasteiger partial charge in [0.2, 0.25) is 0 Å². The lowest BCUT2D eigenvalue weighted by Gasteiger charge is -2.17. The number of ether oxygens (including phenoxy) is 2. The van der Waals surface area contributed by atoms with Crippen LogP contribution in [-0.4, -0.2) is 44.5 Å². The summed E-state index contributed by atoms with van der Waals surface area (Å²) >= 11 is 0. The normalized spacial score (nSPS) is 19.2. The Hall–Kier alpha value is -0.120. The van der Waals surface area contributed by atoms with Crippen molar-refractivity contribution >= 4 is 0 Å². The monoisotopic (exact) mass is 173 g/mol. The molecule has 0 radical (unpaired) electrons. The lowest BCUT2D eigenvalue weighted by molar-refractivity contribution is -0.0505. The van der Waals surface area contributed by atoms with Crippen LogP contribution < -0.4 is 0 Å². The van der Waals surface area contributed by atoms with Crippen LogP contribution in [0.1, 0.15) is 19.8 Å². The predicted octanol–water partition coefficient (Wildman–Crippen LogP) is 1.09. The van der Waals surface area contributed by atoms with E-state index in [0.29, 0.717) is 0 Å². The fourth-order valence-electron chi connectivity index (χ4n) is 1.39. The maximum atomic E-state index is 5.33. The molecule has 1 fully saturated rings. The van der Waals surface area contributed by atoms with Crippen LogP contribution in [-0.2, 0) is 9.47 Å². The molecule has 3 nitrogen and oxygen atoms in total. The summed E-state index contributed by atoms with van der Waals surface area (Å²) in [5, 5.41) is 0. The van der Waals surface area contributed by atoms with Crippen LogP contribution in [0.5, 0.6) is 0 Å². The second-order valence-electron chi connectivity index (χ2n) is 3.26. The van der Waals surface area contributed by atoms with E-state index >= 15 is 0 Å². The first-order valence-electron chi connectivity index (χ1n) is 4.74. The highest BCUT2D eigenvalue weighted by Crippen LogP contribution is 2.07. The topological polar surface area (TPSA) is 21.7 Å². The Bertz CT molecular complexity index is 113. The average Bonchev–Trinajstić information content (AvgIpc) is 2.53. The van der Waals surface area contributed by atoms with Crippen LogP contribution in [0.4, 0.5) is 0 Å². The maximum absolute atomic E-state index is 5.33. The molecule has 1 saturated heterocycles. The molecule has 0 N–H and O–H groups in total. The predicted molar refractivity (Wildman–Crippen MR) is 48.1 cm³/mol. The lowest BCUT2D eigenvalue weighted by atomic mass is 10.3. The third kappa shape index (κ3) is 3.52. The average molecular weight is 173 g/mol. The summed E-state index contributed by atoms with van der Waals surface area (Å²) in [6.07, 6.45) is 2.27. The summed E-state index contributed by atoms with van der Waals surface area (Å²) in [7, 11) is 2.14. The summed E-state index contributed by atoms with van der Waals surface area (Å²) in [6, 6.07) is 0. The highest BCUT2D eigenvalue weighted by atomic mass is 16.7. The van der Waals surface area contributed by atoms with Crippen LogP contribution >= 0.6 is 0 Å². The molecule has 1 heterocycles. The Morgan fingerprint density at radius 1 is 1.25 bits per heavy atom. The van der Waals surface area contributed by atoms with Crippen LogP contribution in [0.25, 0.3) is 0 Å². The standard InChI is InChI=1S/C9H19NO2/c1-3-5-10(2)6-4-9-11-7-8-12-9/h9H,3-8H2,1-2H3. The minimum absolute atomic E-state index is 0.0595. The molecule has 3 heteroatoms. The van der Waals surface area contributed by atoms with Crippen molar-refractivity contribution in [2.75, 3.05) is 33.4 Å². The first-order valence-corrected chi connectivity index (χ1v) is 4.74. The highest BCUT2D eigenvalue weighted by Gasteiger charge is 2.15. The lowest BCUT2D eigenvalue weighted by Crippen LogP contribution is -2.24. The van der Waals surface area contributed by atoms with Gasteiger partial charge in [-0.1, -0.05) is 6.92 Å². The van der Waals surface area contributed by atoms with E-state index < -0.39 is 0 Å². The van der Waals surface area contributed by atoms with Crippen molar-refractivity contribution in [1.29, 1.82) is 0 Å². The number of rotatable bonds is 5. The zero-order chi connectivity index (χ0) is 8.81. The van der Waals surface area contributed by atoms with Gasteiger partial charge in [-0.2, -0.15) is 0 Å². The largest absolute Gasteiger partial charge is 0.350 e. The minimum atomic E-state index is 0.0595. The molecule has 0 aromatic rings. The molecule has 1 aliphatic rings. The molecule has 0 bridgehead atoms. The van der Waals surface area contributed by atoms with Gasteiger partial charge in [0.25, 0.3) is 0 Å². The van der Waals surface area contributed by atoms with Gasteiger partial charge in [0.05, 0.1) is 13.2 Å². The van der Waals surface area contributed by atoms with Gasteiger partial charge in [-0.3, -0.25) is 0 Å². The molecular formula is C9H19NO2. The number of hydrogen-bond acceptors (Lipinski definition) is 3.